The van der Waals surface area contributed by atoms with Gasteiger partial charge in [0.1, 0.15) is 0 Å². The van der Waals surface area contributed by atoms with Crippen molar-refractivity contribution in [2.75, 3.05) is 13.1 Å². The topological polar surface area (TPSA) is 12.0 Å². The lowest BCUT2D eigenvalue weighted by Gasteiger charge is -2.22. The first-order valence-electron chi connectivity index (χ1n) is 4.77. The molecule has 0 saturated heterocycles. The van der Waals surface area contributed by atoms with Gasteiger partial charge in [-0.2, -0.15) is 0 Å². The molecule has 1 N–H and O–H groups in total. The Morgan fingerprint density at radius 1 is 1.08 bits per heavy atom. The Morgan fingerprint density at radius 3 is 1.92 bits per heavy atom. The Hall–Kier alpha value is -0.0400. The van der Waals surface area contributed by atoms with Crippen molar-refractivity contribution < 1.29 is 0 Å². The van der Waals surface area contributed by atoms with Gasteiger partial charge in [-0.1, -0.05) is 34.6 Å². The quantitative estimate of drug-likeness (QED) is 0.640. The van der Waals surface area contributed by atoms with Gasteiger partial charge in [0.25, 0.3) is 0 Å². The van der Waals surface area contributed by atoms with Crippen molar-refractivity contribution in [2.45, 2.75) is 41.0 Å². The molecule has 0 aliphatic heterocycles. The minimum absolute atomic E-state index is 0.165. The van der Waals surface area contributed by atoms with Gasteiger partial charge in [-0.25, -0.2) is 0 Å². The van der Waals surface area contributed by atoms with Crippen molar-refractivity contribution in [2.24, 2.45) is 10.8 Å². The number of hydrogen-bond donors (Lipinski definition) is 1. The third kappa shape index (κ3) is 9.96. The van der Waals surface area contributed by atoms with E-state index in [1.807, 2.05) is 0 Å². The average molecular weight is 170 g/mol. The predicted molar refractivity (Wildman–Crippen MR) is 56.1 cm³/mol. The third-order valence-electron chi connectivity index (χ3n) is 1.66. The molecule has 0 aromatic rings. The van der Waals surface area contributed by atoms with Gasteiger partial charge in [0.05, 0.1) is 0 Å². The highest BCUT2D eigenvalue weighted by molar-refractivity contribution is 4.74. The van der Waals surface area contributed by atoms with Gasteiger partial charge in [-0.15, -0.1) is 0 Å². The predicted octanol–water partition coefficient (Wildman–Crippen LogP) is 2.87. The molecule has 0 saturated carbocycles. The summed E-state index contributed by atoms with van der Waals surface area (Å²) in [6, 6.07) is 0. The fourth-order valence-corrected chi connectivity index (χ4v) is 0.890. The minimum Gasteiger partial charge on any atom is -0.316 e. The van der Waals surface area contributed by atoms with Gasteiger partial charge in [0, 0.05) is 6.54 Å². The molecule has 0 unspecified atom stereocenters. The smallest absolute Gasteiger partial charge is 0.000252 e. The Morgan fingerprint density at radius 2 is 1.58 bits per heavy atom. The summed E-state index contributed by atoms with van der Waals surface area (Å²) in [6.07, 6.45) is 1.23. The van der Waals surface area contributed by atoms with E-state index < -0.39 is 0 Å². The summed E-state index contributed by atoms with van der Waals surface area (Å²) in [5, 5.41) is 3.42. The first-order chi connectivity index (χ1) is 5.21. The summed E-state index contributed by atoms with van der Waals surface area (Å²) >= 11 is 0. The summed E-state index contributed by atoms with van der Waals surface area (Å²) in [5.41, 5.74) is 0.607. The molecule has 1 radical (unpaired) electrons. The molecule has 0 spiro atoms. The molecular formula is C11H24N. The second kappa shape index (κ2) is 4.27. The summed E-state index contributed by atoms with van der Waals surface area (Å²) in [4.78, 5) is 0. The molecule has 0 aromatic heterocycles. The number of nitrogens with one attached hydrogen (secondary N) is 1. The number of rotatable bonds is 4. The van der Waals surface area contributed by atoms with Crippen LogP contribution in [-0.4, -0.2) is 13.1 Å². The molecular weight excluding hydrogens is 146 g/mol. The minimum atomic E-state index is 0.165. The molecule has 1 heteroatoms. The molecule has 73 valence electrons. The molecule has 0 aliphatic rings. The molecule has 0 fully saturated rings. The van der Waals surface area contributed by atoms with Gasteiger partial charge < -0.3 is 5.32 Å². The molecule has 0 aromatic carbocycles. The van der Waals surface area contributed by atoms with Crippen LogP contribution < -0.4 is 5.32 Å². The van der Waals surface area contributed by atoms with Gasteiger partial charge >= 0.3 is 0 Å². The van der Waals surface area contributed by atoms with Crippen LogP contribution in [-0.2, 0) is 0 Å². The lowest BCUT2D eigenvalue weighted by molar-refractivity contribution is 0.347. The zero-order valence-electron chi connectivity index (χ0n) is 9.33. The summed E-state index contributed by atoms with van der Waals surface area (Å²) < 4.78 is 0. The van der Waals surface area contributed by atoms with Crippen molar-refractivity contribution in [3.05, 3.63) is 6.92 Å². The number of hydrogen-bond acceptors (Lipinski definition) is 1. The highest BCUT2D eigenvalue weighted by Crippen LogP contribution is 2.17. The van der Waals surface area contributed by atoms with Crippen LogP contribution in [0.15, 0.2) is 0 Å². The molecule has 1 nitrogen and oxygen atoms in total. The maximum Gasteiger partial charge on any atom is 0.000252 e. The molecule has 0 rings (SSSR count). The van der Waals surface area contributed by atoms with E-state index in [2.05, 4.69) is 46.9 Å². The second-order valence-electron chi connectivity index (χ2n) is 5.65. The SMILES string of the molecule is [CH2]C(C)(C)CNCCC(C)(C)C. The summed E-state index contributed by atoms with van der Waals surface area (Å²) in [7, 11) is 0. The van der Waals surface area contributed by atoms with E-state index in [1.54, 1.807) is 0 Å². The zero-order chi connectivity index (χ0) is 9.83. The zero-order valence-corrected chi connectivity index (χ0v) is 9.33. The Kier molecular flexibility index (Phi) is 4.25. The maximum atomic E-state index is 4.04. The van der Waals surface area contributed by atoms with Crippen molar-refractivity contribution >= 4 is 0 Å². The first-order valence-corrected chi connectivity index (χ1v) is 4.77. The normalized spacial score (nSPS) is 13.5. The van der Waals surface area contributed by atoms with Gasteiger partial charge in [0.15, 0.2) is 0 Å². The average Bonchev–Trinajstić information content (AvgIpc) is 1.76. The molecule has 12 heavy (non-hydrogen) atoms. The van der Waals surface area contributed by atoms with Crippen LogP contribution in [0.25, 0.3) is 0 Å². The van der Waals surface area contributed by atoms with E-state index in [-0.39, 0.29) is 5.41 Å². The van der Waals surface area contributed by atoms with Crippen LogP contribution in [0.5, 0.6) is 0 Å². The molecule has 0 amide bonds. The van der Waals surface area contributed by atoms with E-state index in [1.165, 1.54) is 6.42 Å². The van der Waals surface area contributed by atoms with Gasteiger partial charge in [-0.3, -0.25) is 0 Å². The fraction of sp³-hybridized carbons (Fsp3) is 0.909. The van der Waals surface area contributed by atoms with Crippen LogP contribution in [0.1, 0.15) is 41.0 Å². The van der Waals surface area contributed by atoms with Gasteiger partial charge in [-0.05, 0) is 30.7 Å². The Balaban J connectivity index is 3.35. The lowest BCUT2D eigenvalue weighted by atomic mass is 9.92. The van der Waals surface area contributed by atoms with E-state index in [9.17, 15) is 0 Å². The fourth-order valence-electron chi connectivity index (χ4n) is 0.890. The highest BCUT2D eigenvalue weighted by atomic mass is 14.9. The largest absolute Gasteiger partial charge is 0.316 e. The van der Waals surface area contributed by atoms with Crippen molar-refractivity contribution in [1.29, 1.82) is 0 Å². The monoisotopic (exact) mass is 170 g/mol. The Bertz CT molecular complexity index is 97.9. The summed E-state index contributed by atoms with van der Waals surface area (Å²) in [6.45, 7) is 17.2. The molecule has 0 aliphatic carbocycles. The van der Waals surface area contributed by atoms with Crippen molar-refractivity contribution in [3.8, 4) is 0 Å². The Labute approximate surface area is 77.9 Å². The second-order valence-corrected chi connectivity index (χ2v) is 5.65. The highest BCUT2D eigenvalue weighted by Gasteiger charge is 2.11. The van der Waals surface area contributed by atoms with E-state index >= 15 is 0 Å². The van der Waals surface area contributed by atoms with Crippen LogP contribution in [0, 0.1) is 17.8 Å². The van der Waals surface area contributed by atoms with Crippen molar-refractivity contribution in [1.82, 2.24) is 5.32 Å². The van der Waals surface area contributed by atoms with Crippen LogP contribution in [0.4, 0.5) is 0 Å². The summed E-state index contributed by atoms with van der Waals surface area (Å²) in [5.74, 6) is 0. The molecule has 0 bridgehead atoms. The lowest BCUT2D eigenvalue weighted by Crippen LogP contribution is -2.29. The standard InChI is InChI=1S/C11H24N/c1-10(2,3)7-8-12-9-11(4,5)6/h12H,4,7-9H2,1-3,5-6H3. The first kappa shape index (κ1) is 12.0. The van der Waals surface area contributed by atoms with Crippen molar-refractivity contribution in [3.63, 3.8) is 0 Å². The van der Waals surface area contributed by atoms with E-state index in [0.29, 0.717) is 5.41 Å². The maximum absolute atomic E-state index is 4.04. The van der Waals surface area contributed by atoms with Crippen LogP contribution >= 0.6 is 0 Å². The van der Waals surface area contributed by atoms with E-state index in [4.69, 9.17) is 0 Å². The van der Waals surface area contributed by atoms with Crippen LogP contribution in [0.3, 0.4) is 0 Å². The van der Waals surface area contributed by atoms with Gasteiger partial charge in [0.2, 0.25) is 0 Å². The van der Waals surface area contributed by atoms with Crippen LogP contribution in [0.2, 0.25) is 0 Å². The van der Waals surface area contributed by atoms with E-state index in [0.717, 1.165) is 13.1 Å². The molecule has 0 heterocycles. The molecule has 0 atom stereocenters. The third-order valence-corrected chi connectivity index (χ3v) is 1.66.